The Morgan fingerprint density at radius 1 is 0.414 bits per heavy atom. The van der Waals surface area contributed by atoms with Crippen LogP contribution in [0.1, 0.15) is 88.6 Å². The maximum absolute atomic E-state index is 12.7. The van der Waals surface area contributed by atoms with Gasteiger partial charge in [-0.3, -0.25) is 9.59 Å². The number of nitriles is 2. The van der Waals surface area contributed by atoms with Crippen LogP contribution >= 0.6 is 57.9 Å². The molecule has 696 valence electrons. The normalized spacial score (nSPS) is 12.7. The van der Waals surface area contributed by atoms with Crippen LogP contribution in [0.25, 0.3) is 156 Å². The molecule has 0 aliphatic carbocycles. The van der Waals surface area contributed by atoms with Crippen LogP contribution in [-0.2, 0) is 19.2 Å². The van der Waals surface area contributed by atoms with E-state index in [1.165, 1.54) is 97.1 Å². The Hall–Kier alpha value is -16.7. The maximum Gasteiger partial charge on any atom is 0.354 e. The lowest BCUT2D eigenvalue weighted by Gasteiger charge is -2.34. The van der Waals surface area contributed by atoms with Crippen LogP contribution in [0.5, 0.6) is 28.7 Å². The van der Waals surface area contributed by atoms with E-state index in [1.54, 1.807) is 111 Å². The smallest absolute Gasteiger partial charge is 0.354 e. The number of nitrogen functional groups attached to an aromatic ring is 1. The number of methoxy groups -OCH3 is 3. The Labute approximate surface area is 826 Å². The highest BCUT2D eigenvalue weighted by molar-refractivity contribution is 7.08. The van der Waals surface area contributed by atoms with Crippen LogP contribution < -0.4 is 39.2 Å². The lowest BCUT2D eigenvalue weighted by molar-refractivity contribution is -0.133. The summed E-state index contributed by atoms with van der Waals surface area (Å²) < 4.78 is 60.9. The number of carboxylic acids is 2. The van der Waals surface area contributed by atoms with Gasteiger partial charge in [0.1, 0.15) is 90.6 Å². The number of ether oxygens (including phenoxy) is 5. The van der Waals surface area contributed by atoms with Gasteiger partial charge in [0, 0.05) is 82.1 Å². The summed E-state index contributed by atoms with van der Waals surface area (Å²) in [4.78, 5) is 59.2. The molecule has 140 heavy (non-hydrogen) atoms. The standard InChI is InChI=1S/C42H30N4O5S.C28H18N4O5S.C22H27N5O.C16H12N2OS3/c1-25-6-18-33(19-7-25)50-41(47)32(24-43)22-28-10-14-30(15-11-28)36-27(3)40(49-5)37(39-38(36)45-52-46-39)31-16-12-29(13-17-31)23-35(44-4)42(48)51-34-20-8-26(2)9-21-34;1-15-22(18-8-4-16(5-9-18)12-20(14-29)27(33)34)24-25(32-38-31-24)23(26(15)37-3)19-10-6-17(7-11-19)13-21(30-2)28(35)36;23-19-10-9-18(21-22(19)25-28-24-21)17-8-7-16(26-11-3-1-4-12-26)15-20(17)27-13-5-2-6-14-27;1-9-12(10-3-5-20-7-10)14-15(18-22-17-14)13(16(9)19-2)11-4-6-21-8-11/h6-23H,1-3,5H3;4-13H,1,3H3,(H,33,34)(H,35,36);7-10,15H,1-6,11-14,23H2;3-8H,1-2H3/b32-22+,35-23-;20-12+,21-13-;;. The number of aromatic nitrogens is 8. The molecule has 6 aromatic heterocycles. The summed E-state index contributed by atoms with van der Waals surface area (Å²) in [5, 5.41) is 53.5. The number of thiophene rings is 2. The zero-order valence-corrected chi connectivity index (χ0v) is 81.0. The van der Waals surface area contributed by atoms with E-state index in [9.17, 15) is 24.4 Å². The van der Waals surface area contributed by atoms with E-state index in [0.717, 1.165) is 167 Å². The number of fused-ring (bicyclic) bond motifs is 4. The van der Waals surface area contributed by atoms with Crippen molar-refractivity contribution in [3.63, 3.8) is 0 Å². The molecule has 17 aromatic rings. The van der Waals surface area contributed by atoms with Crippen LogP contribution in [-0.4, -0.2) is 118 Å². The number of nitrogens with zero attached hydrogens (tertiary/aromatic N) is 14. The third-order valence-corrected chi connectivity index (χ3v) is 26.9. The van der Waals surface area contributed by atoms with Crippen LogP contribution in [0.2, 0.25) is 0 Å². The summed E-state index contributed by atoms with van der Waals surface area (Å²) in [5.41, 5.74) is 34.6. The van der Waals surface area contributed by atoms with E-state index in [4.69, 9.17) is 62.7 Å². The van der Waals surface area contributed by atoms with Crippen LogP contribution in [0.15, 0.2) is 237 Å². The first kappa shape index (κ1) is 96.4. The molecule has 0 saturated carbocycles. The fourth-order valence-electron chi connectivity index (χ4n) is 17.1. The minimum absolute atomic E-state index is 0.129. The maximum atomic E-state index is 12.7. The lowest BCUT2D eigenvalue weighted by atomic mass is 9.91. The van der Waals surface area contributed by atoms with Crippen molar-refractivity contribution in [1.29, 1.82) is 10.5 Å². The van der Waals surface area contributed by atoms with Crippen molar-refractivity contribution in [2.24, 2.45) is 0 Å². The molecule has 0 amide bonds. The Balaban J connectivity index is 0.000000141. The fourth-order valence-corrected chi connectivity index (χ4v) is 20.0. The predicted octanol–water partition coefficient (Wildman–Crippen LogP) is 24.9. The molecule has 2 aliphatic rings. The van der Waals surface area contributed by atoms with Gasteiger partial charge in [-0.05, 0) is 246 Å². The summed E-state index contributed by atoms with van der Waals surface area (Å²) in [7, 11) is 4.89. The molecule has 4 N–H and O–H groups in total. The molecule has 27 nitrogen and oxygen atoms in total. The molecular weight excluding hydrogens is 1860 g/mol. The molecule has 0 unspecified atom stereocenters. The molecule has 2 aliphatic heterocycles. The van der Waals surface area contributed by atoms with Gasteiger partial charge >= 0.3 is 23.9 Å². The second-order valence-electron chi connectivity index (χ2n) is 32.7. The van der Waals surface area contributed by atoms with Crippen LogP contribution in [0, 0.1) is 70.4 Å². The number of anilines is 3. The van der Waals surface area contributed by atoms with Crippen molar-refractivity contribution < 1.29 is 57.7 Å². The van der Waals surface area contributed by atoms with Crippen LogP contribution in [0.4, 0.5) is 17.1 Å². The summed E-state index contributed by atoms with van der Waals surface area (Å²) in [6, 6.07) is 61.7. The number of carbonyl (C=O) groups is 4. The second kappa shape index (κ2) is 44.0. The Kier molecular flexibility index (Phi) is 30.3. The predicted molar refractivity (Wildman–Crippen MR) is 554 cm³/mol. The Bertz CT molecular complexity index is 7840. The Morgan fingerprint density at radius 2 is 0.786 bits per heavy atom. The first-order valence-electron chi connectivity index (χ1n) is 44.2. The number of aryl methyl sites for hydroxylation is 2. The number of hydrogen-bond donors (Lipinski definition) is 3. The number of carbonyl (C=O) groups excluding carboxylic acids is 2. The highest BCUT2D eigenvalue weighted by Crippen LogP contribution is 2.50. The van der Waals surface area contributed by atoms with Gasteiger partial charge in [-0.2, -0.15) is 59.4 Å². The zero-order chi connectivity index (χ0) is 98.2. The van der Waals surface area contributed by atoms with Gasteiger partial charge in [0.25, 0.3) is 11.4 Å². The van der Waals surface area contributed by atoms with E-state index in [2.05, 4.69) is 115 Å². The largest absolute Gasteiger partial charge is 0.496 e. The minimum atomic E-state index is -1.29. The third kappa shape index (κ3) is 21.0. The lowest BCUT2D eigenvalue weighted by Crippen LogP contribution is -2.31. The summed E-state index contributed by atoms with van der Waals surface area (Å²) in [5.74, 6) is -1.22. The van der Waals surface area contributed by atoms with Gasteiger partial charge in [0.2, 0.25) is 0 Å². The van der Waals surface area contributed by atoms with E-state index in [-0.39, 0.29) is 22.5 Å². The van der Waals surface area contributed by atoms with Gasteiger partial charge in [-0.1, -0.05) is 139 Å². The minimum Gasteiger partial charge on any atom is -0.496 e. The topological polar surface area (TPSA) is 360 Å². The van der Waals surface area contributed by atoms with Crippen molar-refractivity contribution in [3.8, 4) is 119 Å². The SMILES string of the molecule is COc1c(C)c(-c2ccsc2)c2nsnc2c1-c1ccsc1.Nc1ccc(-c2ccc(N3CCCCC3)cc2N2CCCCC2)c2nonc12.[C-]#[N+]/C(=C\c1ccc(-c2c(OC)c(C)c(-c3ccc(/C=C(\C#N)C(=O)O)cc3)c3nsnc23)cc1)C(=O)O.[C-]#[N+]/C(=C\c1ccc(-c2c(OC)c(C)c(-c3ccc(/C=C(\C#N)C(=O)Oc4ccc(C)cc4)cc3)c3nsnc23)cc1)C(=O)Oc1ccc(C)cc1. The molecule has 8 heterocycles. The van der Waals surface area contributed by atoms with E-state index < -0.39 is 23.9 Å². The average molecular weight is 1950 g/mol. The molecule has 19 rings (SSSR count). The summed E-state index contributed by atoms with van der Waals surface area (Å²) in [6.45, 7) is 28.9. The molecule has 2 saturated heterocycles. The highest BCUT2D eigenvalue weighted by atomic mass is 32.1. The van der Waals surface area contributed by atoms with Crippen LogP contribution in [0.3, 0.4) is 0 Å². The van der Waals surface area contributed by atoms with E-state index >= 15 is 0 Å². The molecule has 0 atom stereocenters. The quantitative estimate of drug-likeness (QED) is 0.0142. The number of aliphatic carboxylic acids is 2. The number of carboxylic acid groups (broad SMARTS) is 2. The van der Waals surface area contributed by atoms with Gasteiger partial charge in [0.05, 0.1) is 92.0 Å². The van der Waals surface area contributed by atoms with Crippen molar-refractivity contribution in [3.05, 3.63) is 305 Å². The van der Waals surface area contributed by atoms with E-state index in [0.29, 0.717) is 78.5 Å². The summed E-state index contributed by atoms with van der Waals surface area (Å²) >= 11 is 6.76. The number of esters is 2. The monoisotopic (exact) mass is 1950 g/mol. The number of piperidine rings is 2. The van der Waals surface area contributed by atoms with Crippen molar-refractivity contribution >= 4 is 167 Å². The molecular formula is C108H87N15O12S5. The number of nitrogens with two attached hydrogens (primary N) is 1. The third-order valence-electron chi connectivity index (χ3n) is 23.9. The summed E-state index contributed by atoms with van der Waals surface area (Å²) in [6.07, 6.45) is 13.3. The molecule has 2 fully saturated rings. The molecule has 0 bridgehead atoms. The van der Waals surface area contributed by atoms with Crippen molar-refractivity contribution in [2.45, 2.75) is 73.1 Å². The average Bonchev–Trinajstić information content (AvgIpc) is 1.44. The first-order valence-corrected chi connectivity index (χ1v) is 48.2. The molecule has 0 radical (unpaired) electrons. The zero-order valence-electron chi connectivity index (χ0n) is 76.9. The van der Waals surface area contributed by atoms with Crippen molar-refractivity contribution in [1.82, 2.24) is 36.6 Å². The molecule has 32 heteroatoms. The van der Waals surface area contributed by atoms with Gasteiger partial charge in [-0.15, -0.1) is 0 Å². The number of benzene rings is 11. The number of rotatable bonds is 22. The van der Waals surface area contributed by atoms with Gasteiger partial charge in [0.15, 0.2) is 5.52 Å². The molecule has 11 aromatic carbocycles. The van der Waals surface area contributed by atoms with Gasteiger partial charge < -0.3 is 49.4 Å². The van der Waals surface area contributed by atoms with Crippen molar-refractivity contribution in [2.75, 3.05) is 63.0 Å². The highest BCUT2D eigenvalue weighted by Gasteiger charge is 2.30. The fraction of sp³-hybridized carbons (Fsp3) is 0.167. The van der Waals surface area contributed by atoms with Gasteiger partial charge in [-0.25, -0.2) is 23.9 Å². The Morgan fingerprint density at radius 3 is 1.19 bits per heavy atom. The molecule has 0 spiro atoms. The van der Waals surface area contributed by atoms with E-state index in [1.807, 2.05) is 131 Å². The second-order valence-corrected chi connectivity index (χ2v) is 35.9. The number of hydrogen-bond acceptors (Lipinski definition) is 28. The first-order chi connectivity index (χ1) is 68.1.